The Bertz CT molecular complexity index is 538. The van der Waals surface area contributed by atoms with Gasteiger partial charge in [-0.1, -0.05) is 12.8 Å². The number of aryl methyl sites for hydroxylation is 1. The summed E-state index contributed by atoms with van der Waals surface area (Å²) < 4.78 is 0. The number of halogens is 2. The van der Waals surface area contributed by atoms with E-state index in [1.807, 2.05) is 14.0 Å². The Kier molecular flexibility index (Phi) is 9.71. The van der Waals surface area contributed by atoms with Gasteiger partial charge in [0.2, 0.25) is 0 Å². The fourth-order valence-electron chi connectivity index (χ4n) is 3.88. The average Bonchev–Trinajstić information content (AvgIpc) is 3.22. The van der Waals surface area contributed by atoms with Gasteiger partial charge in [-0.05, 0) is 58.5 Å². The molecule has 0 aromatic carbocycles. The van der Waals surface area contributed by atoms with Crippen LogP contribution in [-0.4, -0.2) is 42.5 Å². The van der Waals surface area contributed by atoms with Crippen LogP contribution in [0.5, 0.6) is 0 Å². The molecule has 0 bridgehead atoms. The molecule has 0 radical (unpaired) electrons. The summed E-state index contributed by atoms with van der Waals surface area (Å²) in [6.07, 6.45) is 8.62. The van der Waals surface area contributed by atoms with Crippen LogP contribution in [0.2, 0.25) is 0 Å². The molecule has 1 amide bonds. The fourth-order valence-corrected chi connectivity index (χ4v) is 5.08. The number of rotatable bonds is 5. The predicted octanol–water partition coefficient (Wildman–Crippen LogP) is 4.41. The number of piperidine rings is 1. The monoisotopic (exact) mass is 407 g/mol. The standard InChI is InChI=1S/C18H29N3OS.2ClH/c1-13-16(23-17(20-13)15-5-3-4-6-15)18(22)21-11-8-14(9-12-21)7-10-19-2;;/h14-15,19H,3-12H2,1-2H3;2*1H. The zero-order chi connectivity index (χ0) is 16.2. The van der Waals surface area contributed by atoms with Crippen LogP contribution < -0.4 is 5.32 Å². The van der Waals surface area contributed by atoms with E-state index in [2.05, 4.69) is 10.2 Å². The van der Waals surface area contributed by atoms with Crippen LogP contribution in [0.3, 0.4) is 0 Å². The highest BCUT2D eigenvalue weighted by molar-refractivity contribution is 7.13. The third-order valence-electron chi connectivity index (χ3n) is 5.42. The average molecular weight is 408 g/mol. The molecule has 2 heterocycles. The number of thiazole rings is 1. The third-order valence-corrected chi connectivity index (χ3v) is 6.72. The predicted molar refractivity (Wildman–Crippen MR) is 110 cm³/mol. The molecule has 7 heteroatoms. The zero-order valence-electron chi connectivity index (χ0n) is 15.3. The first-order chi connectivity index (χ1) is 11.2. The molecule has 1 aromatic rings. The minimum atomic E-state index is 0. The second-order valence-electron chi connectivity index (χ2n) is 7.08. The van der Waals surface area contributed by atoms with Crippen LogP contribution in [0.4, 0.5) is 0 Å². The first kappa shape index (κ1) is 22.7. The summed E-state index contributed by atoms with van der Waals surface area (Å²) in [6, 6.07) is 0. The molecule has 1 saturated carbocycles. The molecule has 2 aliphatic rings. The van der Waals surface area contributed by atoms with Crippen LogP contribution in [0.25, 0.3) is 0 Å². The molecule has 4 nitrogen and oxygen atoms in total. The normalized spacial score (nSPS) is 18.7. The molecular formula is C18H31Cl2N3OS. The van der Waals surface area contributed by atoms with Crippen molar-refractivity contribution in [3.05, 3.63) is 15.6 Å². The second-order valence-corrected chi connectivity index (χ2v) is 8.11. The highest BCUT2D eigenvalue weighted by atomic mass is 35.5. The molecular weight excluding hydrogens is 377 g/mol. The van der Waals surface area contributed by atoms with Gasteiger partial charge in [0.05, 0.1) is 10.7 Å². The number of nitrogens with zero attached hydrogens (tertiary/aromatic N) is 2. The maximum absolute atomic E-state index is 12.9. The lowest BCUT2D eigenvalue weighted by molar-refractivity contribution is 0.0691. The van der Waals surface area contributed by atoms with Gasteiger partial charge >= 0.3 is 0 Å². The minimum Gasteiger partial charge on any atom is -0.338 e. The topological polar surface area (TPSA) is 45.2 Å². The highest BCUT2D eigenvalue weighted by Crippen LogP contribution is 2.37. The van der Waals surface area contributed by atoms with Crippen LogP contribution >= 0.6 is 36.2 Å². The lowest BCUT2D eigenvalue weighted by atomic mass is 9.93. The summed E-state index contributed by atoms with van der Waals surface area (Å²) in [6.45, 7) is 4.89. The Morgan fingerprint density at radius 2 is 1.84 bits per heavy atom. The fraction of sp³-hybridized carbons (Fsp3) is 0.778. The zero-order valence-corrected chi connectivity index (χ0v) is 17.7. The largest absolute Gasteiger partial charge is 0.338 e. The van der Waals surface area contributed by atoms with Crippen LogP contribution in [0, 0.1) is 12.8 Å². The Morgan fingerprint density at radius 1 is 1.20 bits per heavy atom. The molecule has 0 unspecified atom stereocenters. The van der Waals surface area contributed by atoms with E-state index >= 15 is 0 Å². The summed E-state index contributed by atoms with van der Waals surface area (Å²) in [7, 11) is 2.01. The summed E-state index contributed by atoms with van der Waals surface area (Å²) in [4.78, 5) is 20.5. The van der Waals surface area contributed by atoms with Gasteiger partial charge in [-0.2, -0.15) is 0 Å². The van der Waals surface area contributed by atoms with Crippen molar-refractivity contribution in [1.29, 1.82) is 0 Å². The molecule has 1 saturated heterocycles. The SMILES string of the molecule is CNCCC1CCN(C(=O)c2sc(C3CCCC3)nc2C)CC1.Cl.Cl. The lowest BCUT2D eigenvalue weighted by Gasteiger charge is -2.31. The molecule has 3 rings (SSSR count). The van der Waals surface area contributed by atoms with Crippen molar-refractivity contribution in [2.24, 2.45) is 5.92 Å². The lowest BCUT2D eigenvalue weighted by Crippen LogP contribution is -2.38. The number of amides is 1. The van der Waals surface area contributed by atoms with Gasteiger partial charge in [0, 0.05) is 19.0 Å². The van der Waals surface area contributed by atoms with E-state index in [-0.39, 0.29) is 30.7 Å². The maximum Gasteiger partial charge on any atom is 0.265 e. The molecule has 1 aromatic heterocycles. The molecule has 1 aliphatic heterocycles. The molecule has 0 spiro atoms. The number of likely N-dealkylation sites (tertiary alicyclic amines) is 1. The van der Waals surface area contributed by atoms with E-state index in [1.54, 1.807) is 11.3 Å². The van der Waals surface area contributed by atoms with Gasteiger partial charge < -0.3 is 10.2 Å². The summed E-state index contributed by atoms with van der Waals surface area (Å²) >= 11 is 1.66. The molecule has 144 valence electrons. The van der Waals surface area contributed by atoms with Gasteiger partial charge in [0.25, 0.3) is 5.91 Å². The first-order valence-electron chi connectivity index (χ1n) is 9.10. The van der Waals surface area contributed by atoms with E-state index in [1.165, 1.54) is 37.1 Å². The minimum absolute atomic E-state index is 0. The van der Waals surface area contributed by atoms with Crippen molar-refractivity contribution in [1.82, 2.24) is 15.2 Å². The molecule has 2 fully saturated rings. The van der Waals surface area contributed by atoms with E-state index in [0.29, 0.717) is 5.92 Å². The number of carbonyl (C=O) groups is 1. The van der Waals surface area contributed by atoms with Gasteiger partial charge in [-0.3, -0.25) is 4.79 Å². The number of aromatic nitrogens is 1. The summed E-state index contributed by atoms with van der Waals surface area (Å²) in [5.41, 5.74) is 0.944. The number of hydrogen-bond donors (Lipinski definition) is 1. The van der Waals surface area contributed by atoms with Gasteiger partial charge in [-0.25, -0.2) is 4.98 Å². The summed E-state index contributed by atoms with van der Waals surface area (Å²) in [5, 5.41) is 4.43. The number of carbonyl (C=O) groups excluding carboxylic acids is 1. The van der Waals surface area contributed by atoms with Crippen molar-refractivity contribution >= 4 is 42.1 Å². The maximum atomic E-state index is 12.9. The van der Waals surface area contributed by atoms with Crippen molar-refractivity contribution < 1.29 is 4.79 Å². The van der Waals surface area contributed by atoms with E-state index in [9.17, 15) is 4.79 Å². The van der Waals surface area contributed by atoms with Crippen LogP contribution in [0.15, 0.2) is 0 Å². The van der Waals surface area contributed by atoms with Gasteiger partial charge in [0.15, 0.2) is 0 Å². The Hall–Kier alpha value is -0.360. The van der Waals surface area contributed by atoms with Crippen molar-refractivity contribution in [2.45, 2.75) is 57.8 Å². The molecule has 1 N–H and O–H groups in total. The Balaban J connectivity index is 0.00000156. The Morgan fingerprint density at radius 3 is 2.44 bits per heavy atom. The molecule has 25 heavy (non-hydrogen) atoms. The highest BCUT2D eigenvalue weighted by Gasteiger charge is 2.28. The van der Waals surface area contributed by atoms with Crippen molar-refractivity contribution in [3.63, 3.8) is 0 Å². The first-order valence-corrected chi connectivity index (χ1v) is 9.92. The number of hydrogen-bond acceptors (Lipinski definition) is 4. The quantitative estimate of drug-likeness (QED) is 0.785. The summed E-state index contributed by atoms with van der Waals surface area (Å²) in [5.74, 6) is 1.59. The van der Waals surface area contributed by atoms with Crippen molar-refractivity contribution in [3.8, 4) is 0 Å². The van der Waals surface area contributed by atoms with Crippen LogP contribution in [-0.2, 0) is 0 Å². The van der Waals surface area contributed by atoms with E-state index in [4.69, 9.17) is 4.98 Å². The van der Waals surface area contributed by atoms with E-state index in [0.717, 1.165) is 49.0 Å². The van der Waals surface area contributed by atoms with Gasteiger partial charge in [0.1, 0.15) is 4.88 Å². The second kappa shape index (κ2) is 10.7. The van der Waals surface area contributed by atoms with Crippen LogP contribution in [0.1, 0.15) is 71.2 Å². The van der Waals surface area contributed by atoms with Gasteiger partial charge in [-0.15, -0.1) is 36.2 Å². The Labute approximate surface area is 168 Å². The third kappa shape index (κ3) is 5.56. The van der Waals surface area contributed by atoms with Crippen molar-refractivity contribution in [2.75, 3.05) is 26.7 Å². The molecule has 0 atom stereocenters. The van der Waals surface area contributed by atoms with E-state index < -0.39 is 0 Å². The number of nitrogens with one attached hydrogen (secondary N) is 1. The smallest absolute Gasteiger partial charge is 0.265 e. The molecule has 1 aliphatic carbocycles.